The van der Waals surface area contributed by atoms with Crippen LogP contribution in [0.3, 0.4) is 0 Å². The summed E-state index contributed by atoms with van der Waals surface area (Å²) in [4.78, 5) is 4.67. The lowest BCUT2D eigenvalue weighted by molar-refractivity contribution is 0.473. The van der Waals surface area contributed by atoms with Crippen LogP contribution in [-0.2, 0) is 0 Å². The molecule has 4 rings (SSSR count). The summed E-state index contributed by atoms with van der Waals surface area (Å²) in [6, 6.07) is 11.4. The highest BCUT2D eigenvalue weighted by molar-refractivity contribution is 7.19. The number of pyridine rings is 1. The Morgan fingerprint density at radius 3 is 2.67 bits per heavy atom. The molecule has 0 unspecified atom stereocenters. The van der Waals surface area contributed by atoms with Crippen molar-refractivity contribution in [2.75, 3.05) is 0 Å². The van der Waals surface area contributed by atoms with Gasteiger partial charge in [0.25, 0.3) is 0 Å². The van der Waals surface area contributed by atoms with E-state index in [2.05, 4.69) is 20.3 Å². The molecular formula is C14H9N5OS. The third-order valence-electron chi connectivity index (χ3n) is 2.99. The van der Waals surface area contributed by atoms with Crippen LogP contribution in [-0.4, -0.2) is 29.9 Å². The Morgan fingerprint density at radius 2 is 1.86 bits per heavy atom. The van der Waals surface area contributed by atoms with E-state index >= 15 is 0 Å². The first-order chi connectivity index (χ1) is 10.3. The van der Waals surface area contributed by atoms with E-state index in [-0.39, 0.29) is 5.75 Å². The maximum absolute atomic E-state index is 9.51. The second-order valence-corrected chi connectivity index (χ2v) is 5.38. The third-order valence-corrected chi connectivity index (χ3v) is 3.94. The molecule has 0 aliphatic rings. The van der Waals surface area contributed by atoms with E-state index in [1.165, 1.54) is 17.5 Å². The van der Waals surface area contributed by atoms with Crippen LogP contribution in [0.4, 0.5) is 0 Å². The SMILES string of the molecule is Oc1cncc(-c2nn3c(-c4ccccc4)nnc3s2)c1. The predicted octanol–water partition coefficient (Wildman–Crippen LogP) is 2.62. The van der Waals surface area contributed by atoms with Crippen LogP contribution >= 0.6 is 11.3 Å². The van der Waals surface area contributed by atoms with Crippen LogP contribution in [0.5, 0.6) is 5.75 Å². The molecule has 3 aromatic heterocycles. The van der Waals surface area contributed by atoms with Crippen molar-refractivity contribution >= 4 is 16.3 Å². The summed E-state index contributed by atoms with van der Waals surface area (Å²) < 4.78 is 1.71. The molecule has 0 atom stereocenters. The Bertz CT molecular complexity index is 915. The molecule has 7 heteroatoms. The lowest BCUT2D eigenvalue weighted by Crippen LogP contribution is -1.90. The van der Waals surface area contributed by atoms with Crippen molar-refractivity contribution in [2.24, 2.45) is 0 Å². The van der Waals surface area contributed by atoms with E-state index in [0.717, 1.165) is 16.1 Å². The zero-order chi connectivity index (χ0) is 14.2. The van der Waals surface area contributed by atoms with Gasteiger partial charge in [0, 0.05) is 17.3 Å². The van der Waals surface area contributed by atoms with Crippen molar-refractivity contribution in [3.05, 3.63) is 48.8 Å². The summed E-state index contributed by atoms with van der Waals surface area (Å²) in [5.74, 6) is 0.808. The summed E-state index contributed by atoms with van der Waals surface area (Å²) >= 11 is 1.40. The molecule has 4 aromatic rings. The highest BCUT2D eigenvalue weighted by Crippen LogP contribution is 2.28. The fourth-order valence-electron chi connectivity index (χ4n) is 2.05. The first-order valence-corrected chi connectivity index (χ1v) is 7.05. The number of rotatable bonds is 2. The van der Waals surface area contributed by atoms with Crippen molar-refractivity contribution in [1.82, 2.24) is 24.8 Å². The summed E-state index contributed by atoms with van der Waals surface area (Å²) in [7, 11) is 0. The van der Waals surface area contributed by atoms with Gasteiger partial charge >= 0.3 is 0 Å². The smallest absolute Gasteiger partial charge is 0.235 e. The molecule has 0 bridgehead atoms. The normalized spacial score (nSPS) is 11.0. The van der Waals surface area contributed by atoms with E-state index in [1.54, 1.807) is 16.8 Å². The van der Waals surface area contributed by atoms with E-state index in [1.807, 2.05) is 30.3 Å². The molecule has 0 saturated heterocycles. The molecule has 102 valence electrons. The number of benzene rings is 1. The largest absolute Gasteiger partial charge is 0.506 e. The van der Waals surface area contributed by atoms with Gasteiger partial charge in [0.05, 0.1) is 6.20 Å². The quantitative estimate of drug-likeness (QED) is 0.615. The molecule has 0 spiro atoms. The fraction of sp³-hybridized carbons (Fsp3) is 0. The standard InChI is InChI=1S/C14H9N5OS/c20-11-6-10(7-15-8-11)13-18-19-12(16-17-14(19)21-13)9-4-2-1-3-5-9/h1-8,20H. The average Bonchev–Trinajstić information content (AvgIpc) is 3.08. The predicted molar refractivity (Wildman–Crippen MR) is 79.0 cm³/mol. The van der Waals surface area contributed by atoms with Crippen LogP contribution in [0.25, 0.3) is 26.9 Å². The second kappa shape index (κ2) is 4.64. The number of aromatic hydroxyl groups is 1. The topological polar surface area (TPSA) is 76.2 Å². The minimum absolute atomic E-state index is 0.113. The first-order valence-electron chi connectivity index (χ1n) is 6.23. The Kier molecular flexibility index (Phi) is 2.65. The van der Waals surface area contributed by atoms with E-state index in [0.29, 0.717) is 10.8 Å². The van der Waals surface area contributed by atoms with Crippen LogP contribution in [0.2, 0.25) is 0 Å². The molecule has 0 fully saturated rings. The highest BCUT2D eigenvalue weighted by Gasteiger charge is 2.14. The van der Waals surface area contributed by atoms with Gasteiger partial charge in [0.15, 0.2) is 5.82 Å². The number of nitrogens with zero attached hydrogens (tertiary/aromatic N) is 5. The average molecular weight is 295 g/mol. The molecule has 6 nitrogen and oxygen atoms in total. The summed E-state index contributed by atoms with van der Waals surface area (Å²) in [6.07, 6.45) is 3.05. The monoisotopic (exact) mass is 295 g/mol. The first kappa shape index (κ1) is 12.0. The van der Waals surface area contributed by atoms with Gasteiger partial charge in [0.2, 0.25) is 4.96 Å². The molecule has 0 aliphatic heterocycles. The van der Waals surface area contributed by atoms with Gasteiger partial charge in [-0.2, -0.15) is 9.61 Å². The molecule has 1 N–H and O–H groups in total. The van der Waals surface area contributed by atoms with Gasteiger partial charge in [-0.3, -0.25) is 4.98 Å². The van der Waals surface area contributed by atoms with E-state index in [9.17, 15) is 5.11 Å². The second-order valence-electron chi connectivity index (χ2n) is 4.42. The Hall–Kier alpha value is -2.80. The number of aromatic nitrogens is 5. The number of hydrogen-bond donors (Lipinski definition) is 1. The fourth-order valence-corrected chi connectivity index (χ4v) is 2.87. The molecule has 1 aromatic carbocycles. The van der Waals surface area contributed by atoms with Crippen LogP contribution in [0, 0.1) is 0 Å². The maximum atomic E-state index is 9.51. The molecular weight excluding hydrogens is 286 g/mol. The number of fused-ring (bicyclic) bond motifs is 1. The van der Waals surface area contributed by atoms with E-state index in [4.69, 9.17) is 0 Å². The Morgan fingerprint density at radius 1 is 1.00 bits per heavy atom. The van der Waals surface area contributed by atoms with Gasteiger partial charge in [-0.05, 0) is 6.07 Å². The zero-order valence-corrected chi connectivity index (χ0v) is 11.5. The minimum atomic E-state index is 0.113. The Balaban J connectivity index is 1.87. The molecule has 0 aliphatic carbocycles. The van der Waals surface area contributed by atoms with Gasteiger partial charge < -0.3 is 5.11 Å². The molecule has 0 radical (unpaired) electrons. The van der Waals surface area contributed by atoms with Crippen molar-refractivity contribution < 1.29 is 5.11 Å². The minimum Gasteiger partial charge on any atom is -0.506 e. The number of hydrogen-bond acceptors (Lipinski definition) is 6. The highest BCUT2D eigenvalue weighted by atomic mass is 32.1. The molecule has 3 heterocycles. The lowest BCUT2D eigenvalue weighted by Gasteiger charge is -1.96. The van der Waals surface area contributed by atoms with Gasteiger partial charge in [0.1, 0.15) is 10.8 Å². The lowest BCUT2D eigenvalue weighted by atomic mass is 10.2. The van der Waals surface area contributed by atoms with Crippen molar-refractivity contribution in [1.29, 1.82) is 0 Å². The van der Waals surface area contributed by atoms with Crippen molar-refractivity contribution in [3.63, 3.8) is 0 Å². The van der Waals surface area contributed by atoms with Crippen LogP contribution < -0.4 is 0 Å². The molecule has 0 saturated carbocycles. The van der Waals surface area contributed by atoms with Gasteiger partial charge in [-0.1, -0.05) is 41.7 Å². The maximum Gasteiger partial charge on any atom is 0.235 e. The zero-order valence-electron chi connectivity index (χ0n) is 10.7. The summed E-state index contributed by atoms with van der Waals surface area (Å²) in [5, 5.41) is 23.1. The van der Waals surface area contributed by atoms with Crippen LogP contribution in [0.1, 0.15) is 0 Å². The van der Waals surface area contributed by atoms with Crippen LogP contribution in [0.15, 0.2) is 48.8 Å². The summed E-state index contributed by atoms with van der Waals surface area (Å²) in [6.45, 7) is 0. The Labute approximate surface area is 123 Å². The molecule has 0 amide bonds. The van der Waals surface area contributed by atoms with Crippen molar-refractivity contribution in [3.8, 4) is 27.7 Å². The van der Waals surface area contributed by atoms with Gasteiger partial charge in [-0.15, -0.1) is 10.2 Å². The molecule has 21 heavy (non-hydrogen) atoms. The van der Waals surface area contributed by atoms with Gasteiger partial charge in [-0.25, -0.2) is 0 Å². The van der Waals surface area contributed by atoms with Crippen molar-refractivity contribution in [2.45, 2.75) is 0 Å². The third kappa shape index (κ3) is 2.03. The summed E-state index contributed by atoms with van der Waals surface area (Å²) in [5.41, 5.74) is 1.71. The van der Waals surface area contributed by atoms with E-state index < -0.39 is 0 Å².